The maximum absolute atomic E-state index is 12.1. The lowest BCUT2D eigenvalue weighted by Gasteiger charge is -2.31. The van der Waals surface area contributed by atoms with E-state index in [1.54, 1.807) is 18.2 Å². The second-order valence-corrected chi connectivity index (χ2v) is 5.21. The number of carboxylic acids is 1. The molecule has 0 radical (unpaired) electrons. The van der Waals surface area contributed by atoms with Gasteiger partial charge in [0.05, 0.1) is 24.6 Å². The van der Waals surface area contributed by atoms with Crippen molar-refractivity contribution in [2.45, 2.75) is 19.8 Å². The minimum atomic E-state index is -0.940. The van der Waals surface area contributed by atoms with Crippen LogP contribution in [0.1, 0.15) is 19.8 Å². The summed E-state index contributed by atoms with van der Waals surface area (Å²) in [5, 5.41) is 14.3. The van der Waals surface area contributed by atoms with Crippen LogP contribution in [0, 0.1) is 11.8 Å². The number of aliphatic carboxylic acids is 1. The number of ether oxygens (including phenoxy) is 1. The van der Waals surface area contributed by atoms with Gasteiger partial charge in [-0.25, -0.2) is 0 Å². The lowest BCUT2D eigenvalue weighted by atomic mass is 9.73. The smallest absolute Gasteiger partial charge is 0.307 e. The van der Waals surface area contributed by atoms with Crippen molar-refractivity contribution in [3.63, 3.8) is 0 Å². The van der Waals surface area contributed by atoms with Crippen LogP contribution in [0.5, 0.6) is 5.75 Å². The molecule has 2 atom stereocenters. The van der Waals surface area contributed by atoms with E-state index in [1.165, 1.54) is 14.0 Å². The predicted molar refractivity (Wildman–Crippen MR) is 79.8 cm³/mol. The highest BCUT2D eigenvalue weighted by molar-refractivity contribution is 5.97. The van der Waals surface area contributed by atoms with E-state index in [-0.39, 0.29) is 11.8 Å². The highest BCUT2D eigenvalue weighted by atomic mass is 16.5. The molecule has 1 saturated carbocycles. The highest BCUT2D eigenvalue weighted by Gasteiger charge is 2.41. The number of hydrogen-bond donors (Lipinski definition) is 3. The van der Waals surface area contributed by atoms with Gasteiger partial charge in [-0.15, -0.1) is 0 Å². The van der Waals surface area contributed by atoms with Crippen molar-refractivity contribution in [3.8, 4) is 5.75 Å². The Labute approximate surface area is 127 Å². The molecule has 0 bridgehead atoms. The van der Waals surface area contributed by atoms with Crippen molar-refractivity contribution in [2.24, 2.45) is 11.8 Å². The summed E-state index contributed by atoms with van der Waals surface area (Å²) in [6, 6.07) is 4.82. The normalized spacial score (nSPS) is 19.7. The summed E-state index contributed by atoms with van der Waals surface area (Å²) in [4.78, 5) is 34.1. The first kappa shape index (κ1) is 15.8. The van der Waals surface area contributed by atoms with Crippen LogP contribution >= 0.6 is 0 Å². The van der Waals surface area contributed by atoms with Crippen molar-refractivity contribution >= 4 is 29.2 Å². The number of nitrogens with one attached hydrogen (secondary N) is 2. The molecule has 0 saturated heterocycles. The lowest BCUT2D eigenvalue weighted by Crippen LogP contribution is -2.41. The van der Waals surface area contributed by atoms with Crippen LogP contribution in [0.25, 0.3) is 0 Å². The van der Waals surface area contributed by atoms with Crippen LogP contribution in [-0.4, -0.2) is 30.0 Å². The molecular weight excluding hydrogens is 288 g/mol. The molecule has 7 nitrogen and oxygen atoms in total. The number of carboxylic acid groups (broad SMARTS) is 1. The Morgan fingerprint density at radius 3 is 2.36 bits per heavy atom. The third-order valence-electron chi connectivity index (χ3n) is 3.71. The quantitative estimate of drug-likeness (QED) is 0.768. The fourth-order valence-electron chi connectivity index (χ4n) is 2.41. The predicted octanol–water partition coefficient (Wildman–Crippen LogP) is 1.70. The Morgan fingerprint density at radius 2 is 1.86 bits per heavy atom. The Bertz CT molecular complexity index is 614. The number of carbonyl (C=O) groups excluding carboxylic acids is 2. The van der Waals surface area contributed by atoms with Gasteiger partial charge in [0.1, 0.15) is 5.75 Å². The zero-order valence-electron chi connectivity index (χ0n) is 12.4. The zero-order valence-corrected chi connectivity index (χ0v) is 12.4. The van der Waals surface area contributed by atoms with Crippen LogP contribution in [0.2, 0.25) is 0 Å². The van der Waals surface area contributed by atoms with Gasteiger partial charge >= 0.3 is 5.97 Å². The van der Waals surface area contributed by atoms with Crippen molar-refractivity contribution in [2.75, 3.05) is 17.7 Å². The average molecular weight is 306 g/mol. The van der Waals surface area contributed by atoms with Crippen LogP contribution in [0.3, 0.4) is 0 Å². The van der Waals surface area contributed by atoms with Gasteiger partial charge in [0.25, 0.3) is 0 Å². The Kier molecular flexibility index (Phi) is 4.65. The number of rotatable bonds is 5. The molecule has 1 aromatic carbocycles. The van der Waals surface area contributed by atoms with Crippen molar-refractivity contribution in [1.82, 2.24) is 0 Å². The molecule has 2 rings (SSSR count). The van der Waals surface area contributed by atoms with E-state index in [0.29, 0.717) is 30.0 Å². The van der Waals surface area contributed by atoms with E-state index in [2.05, 4.69) is 10.6 Å². The molecule has 7 heteroatoms. The second kappa shape index (κ2) is 6.46. The third kappa shape index (κ3) is 3.36. The SMILES string of the molecule is COc1cc(NC(=O)C2CCC2C(=O)O)ccc1NC(C)=O. The van der Waals surface area contributed by atoms with Crippen molar-refractivity contribution < 1.29 is 24.2 Å². The monoisotopic (exact) mass is 306 g/mol. The third-order valence-corrected chi connectivity index (χ3v) is 3.71. The second-order valence-electron chi connectivity index (χ2n) is 5.21. The molecule has 1 aliphatic rings. The number of carbonyl (C=O) groups is 3. The van der Waals surface area contributed by atoms with Gasteiger partial charge in [0.15, 0.2) is 0 Å². The molecule has 0 spiro atoms. The first-order valence-electron chi connectivity index (χ1n) is 6.91. The first-order chi connectivity index (χ1) is 10.4. The van der Waals surface area contributed by atoms with E-state index in [0.717, 1.165) is 0 Å². The minimum absolute atomic E-state index is 0.228. The summed E-state index contributed by atoms with van der Waals surface area (Å²) in [5.74, 6) is -2.18. The summed E-state index contributed by atoms with van der Waals surface area (Å²) in [6.45, 7) is 1.39. The molecule has 3 N–H and O–H groups in total. The summed E-state index contributed by atoms with van der Waals surface area (Å²) < 4.78 is 5.17. The molecule has 0 aromatic heterocycles. The zero-order chi connectivity index (χ0) is 16.3. The largest absolute Gasteiger partial charge is 0.494 e. The molecule has 118 valence electrons. The Morgan fingerprint density at radius 1 is 1.18 bits per heavy atom. The lowest BCUT2D eigenvalue weighted by molar-refractivity contribution is -0.151. The number of amides is 2. The topological polar surface area (TPSA) is 105 Å². The van der Waals surface area contributed by atoms with Gasteiger partial charge in [0.2, 0.25) is 11.8 Å². The van der Waals surface area contributed by atoms with Crippen LogP contribution in [0.15, 0.2) is 18.2 Å². The van der Waals surface area contributed by atoms with E-state index in [4.69, 9.17) is 9.84 Å². The number of hydrogen-bond acceptors (Lipinski definition) is 4. The standard InChI is InChI=1S/C15H18N2O5/c1-8(18)16-12-6-3-9(7-13(12)22-2)17-14(19)10-4-5-11(10)15(20)21/h3,6-7,10-11H,4-5H2,1-2H3,(H,16,18)(H,17,19)(H,20,21). The summed E-state index contributed by atoms with van der Waals surface area (Å²) in [5.41, 5.74) is 0.993. The Hall–Kier alpha value is -2.57. The van der Waals surface area contributed by atoms with E-state index < -0.39 is 17.8 Å². The maximum atomic E-state index is 12.1. The number of anilines is 2. The van der Waals surface area contributed by atoms with E-state index in [9.17, 15) is 14.4 Å². The van der Waals surface area contributed by atoms with Crippen LogP contribution < -0.4 is 15.4 Å². The highest BCUT2D eigenvalue weighted by Crippen LogP contribution is 2.36. The molecule has 1 aliphatic carbocycles. The summed E-state index contributed by atoms with van der Waals surface area (Å²) in [6.07, 6.45) is 1.10. The minimum Gasteiger partial charge on any atom is -0.494 e. The molecule has 2 amide bonds. The first-order valence-corrected chi connectivity index (χ1v) is 6.91. The molecule has 0 heterocycles. The van der Waals surface area contributed by atoms with Gasteiger partial charge in [-0.1, -0.05) is 0 Å². The number of methoxy groups -OCH3 is 1. The van der Waals surface area contributed by atoms with Gasteiger partial charge in [-0.2, -0.15) is 0 Å². The average Bonchev–Trinajstić information content (AvgIpc) is 2.37. The molecular formula is C15H18N2O5. The Balaban J connectivity index is 2.08. The number of benzene rings is 1. The molecule has 2 unspecified atom stereocenters. The van der Waals surface area contributed by atoms with Crippen molar-refractivity contribution in [1.29, 1.82) is 0 Å². The maximum Gasteiger partial charge on any atom is 0.307 e. The summed E-state index contributed by atoms with van der Waals surface area (Å²) in [7, 11) is 1.46. The molecule has 0 aliphatic heterocycles. The van der Waals surface area contributed by atoms with Crippen LogP contribution in [0.4, 0.5) is 11.4 Å². The molecule has 1 aromatic rings. The van der Waals surface area contributed by atoms with E-state index in [1.807, 2.05) is 0 Å². The van der Waals surface area contributed by atoms with Gasteiger partial charge in [0, 0.05) is 18.7 Å². The molecule has 1 fully saturated rings. The molecule has 22 heavy (non-hydrogen) atoms. The van der Waals surface area contributed by atoms with Crippen molar-refractivity contribution in [3.05, 3.63) is 18.2 Å². The van der Waals surface area contributed by atoms with Gasteiger partial charge < -0.3 is 20.5 Å². The van der Waals surface area contributed by atoms with Gasteiger partial charge in [-0.05, 0) is 25.0 Å². The van der Waals surface area contributed by atoms with Gasteiger partial charge in [-0.3, -0.25) is 14.4 Å². The fourth-order valence-corrected chi connectivity index (χ4v) is 2.41. The fraction of sp³-hybridized carbons (Fsp3) is 0.400. The van der Waals surface area contributed by atoms with E-state index >= 15 is 0 Å². The van der Waals surface area contributed by atoms with Crippen LogP contribution in [-0.2, 0) is 14.4 Å². The summed E-state index contributed by atoms with van der Waals surface area (Å²) >= 11 is 0.